The molecule has 1 fully saturated rings. The Bertz CT molecular complexity index is 1510. The summed E-state index contributed by atoms with van der Waals surface area (Å²) in [6.45, 7) is 3.19. The highest BCUT2D eigenvalue weighted by molar-refractivity contribution is 6.06. The number of nitrogens with one attached hydrogen (secondary N) is 2. The second-order valence-corrected chi connectivity index (χ2v) is 9.90. The highest BCUT2D eigenvalue weighted by atomic mass is 19.4. The van der Waals surface area contributed by atoms with E-state index in [2.05, 4.69) is 42.5 Å². The molecule has 1 aromatic carbocycles. The fourth-order valence-electron chi connectivity index (χ4n) is 4.89. The molecule has 3 aromatic heterocycles. The van der Waals surface area contributed by atoms with Crippen molar-refractivity contribution in [3.05, 3.63) is 66.4 Å². The largest absolute Gasteiger partial charge is 0.401 e. The number of amides is 1. The van der Waals surface area contributed by atoms with Gasteiger partial charge in [0.1, 0.15) is 12.1 Å². The van der Waals surface area contributed by atoms with Gasteiger partial charge >= 0.3 is 6.18 Å². The van der Waals surface area contributed by atoms with Crippen molar-refractivity contribution in [1.29, 1.82) is 0 Å². The Morgan fingerprint density at radius 2 is 1.78 bits per heavy atom. The minimum atomic E-state index is -4.20. The van der Waals surface area contributed by atoms with Gasteiger partial charge < -0.3 is 15.5 Å². The third kappa shape index (κ3) is 6.68. The lowest BCUT2D eigenvalue weighted by Crippen LogP contribution is -2.49. The molecule has 10 nitrogen and oxygen atoms in total. The van der Waals surface area contributed by atoms with Gasteiger partial charge in [-0.1, -0.05) is 25.1 Å². The number of rotatable bonds is 8. The monoisotopic (exact) mass is 565 g/mol. The molecular formula is C28H30F3N9O. The summed E-state index contributed by atoms with van der Waals surface area (Å²) in [4.78, 5) is 37.7. The van der Waals surface area contributed by atoms with Crippen LogP contribution in [-0.4, -0.2) is 88.2 Å². The van der Waals surface area contributed by atoms with E-state index in [1.54, 1.807) is 31.7 Å². The molecule has 0 saturated carbocycles. The van der Waals surface area contributed by atoms with Gasteiger partial charge in [0, 0.05) is 81.3 Å². The molecule has 214 valence electrons. The van der Waals surface area contributed by atoms with Crippen molar-refractivity contribution in [3.63, 3.8) is 0 Å². The smallest absolute Gasteiger partial charge is 0.369 e. The lowest BCUT2D eigenvalue weighted by Gasteiger charge is -2.34. The van der Waals surface area contributed by atoms with Crippen LogP contribution in [0.4, 0.5) is 24.9 Å². The number of hydrogen-bond donors (Lipinski definition) is 2. The van der Waals surface area contributed by atoms with Gasteiger partial charge in [-0.3, -0.25) is 14.7 Å². The van der Waals surface area contributed by atoms with Gasteiger partial charge in [-0.2, -0.15) is 13.2 Å². The lowest BCUT2D eigenvalue weighted by atomic mass is 9.96. The zero-order valence-electron chi connectivity index (χ0n) is 22.7. The number of hydrogen-bond acceptors (Lipinski definition) is 9. The molecule has 2 N–H and O–H groups in total. The number of para-hydroxylation sites is 1. The molecule has 1 atom stereocenters. The van der Waals surface area contributed by atoms with Crippen LogP contribution in [0.2, 0.25) is 0 Å². The molecular weight excluding hydrogens is 535 g/mol. The topological polar surface area (TPSA) is 112 Å². The molecule has 1 amide bonds. The first-order chi connectivity index (χ1) is 19.7. The van der Waals surface area contributed by atoms with Gasteiger partial charge in [0.05, 0.1) is 23.3 Å². The Hall–Kier alpha value is -4.39. The second-order valence-electron chi connectivity index (χ2n) is 9.90. The first kappa shape index (κ1) is 28.1. The van der Waals surface area contributed by atoms with Crippen LogP contribution in [0.25, 0.3) is 22.2 Å². The van der Waals surface area contributed by atoms with Crippen LogP contribution in [0.3, 0.4) is 0 Å². The van der Waals surface area contributed by atoms with E-state index < -0.39 is 12.7 Å². The summed E-state index contributed by atoms with van der Waals surface area (Å²) in [7, 11) is 1.61. The average molecular weight is 566 g/mol. The van der Waals surface area contributed by atoms with Crippen LogP contribution < -0.4 is 15.5 Å². The van der Waals surface area contributed by atoms with Crippen molar-refractivity contribution < 1.29 is 18.0 Å². The fourth-order valence-corrected chi connectivity index (χ4v) is 4.89. The molecule has 0 unspecified atom stereocenters. The van der Waals surface area contributed by atoms with E-state index in [1.165, 1.54) is 11.2 Å². The molecule has 1 saturated heterocycles. The zero-order valence-corrected chi connectivity index (χ0v) is 22.7. The van der Waals surface area contributed by atoms with E-state index in [4.69, 9.17) is 0 Å². The molecule has 4 aromatic rings. The van der Waals surface area contributed by atoms with Crippen molar-refractivity contribution in [3.8, 4) is 11.3 Å². The number of fused-ring (bicyclic) bond motifs is 1. The molecule has 4 heterocycles. The third-order valence-corrected chi connectivity index (χ3v) is 7.05. The van der Waals surface area contributed by atoms with Crippen LogP contribution in [0.1, 0.15) is 28.8 Å². The summed E-state index contributed by atoms with van der Waals surface area (Å²) >= 11 is 0. The Balaban J connectivity index is 1.23. The van der Waals surface area contributed by atoms with Gasteiger partial charge in [0.15, 0.2) is 0 Å². The highest BCUT2D eigenvalue weighted by Crippen LogP contribution is 2.27. The number of anilines is 2. The number of piperazine rings is 1. The molecule has 13 heteroatoms. The number of aromatic nitrogens is 5. The van der Waals surface area contributed by atoms with Crippen molar-refractivity contribution in [1.82, 2.24) is 35.1 Å². The van der Waals surface area contributed by atoms with Gasteiger partial charge in [-0.15, -0.1) is 0 Å². The number of nitrogens with zero attached hydrogens (tertiary/aromatic N) is 7. The lowest BCUT2D eigenvalue weighted by molar-refractivity contribution is -0.146. The van der Waals surface area contributed by atoms with Crippen molar-refractivity contribution in [2.24, 2.45) is 0 Å². The Morgan fingerprint density at radius 3 is 2.49 bits per heavy atom. The fraction of sp³-hybridized carbons (Fsp3) is 0.357. The summed E-state index contributed by atoms with van der Waals surface area (Å²) in [5.74, 6) is 1.01. The Kier molecular flexibility index (Phi) is 8.24. The molecule has 0 aliphatic carbocycles. The number of alkyl halides is 3. The molecule has 0 bridgehead atoms. The summed E-state index contributed by atoms with van der Waals surface area (Å²) in [5, 5.41) is 6.83. The van der Waals surface area contributed by atoms with E-state index in [1.807, 2.05) is 29.2 Å². The van der Waals surface area contributed by atoms with Crippen molar-refractivity contribution in [2.45, 2.75) is 19.0 Å². The maximum atomic E-state index is 12.7. The Morgan fingerprint density at radius 1 is 1.02 bits per heavy atom. The molecule has 1 aliphatic heterocycles. The van der Waals surface area contributed by atoms with Crippen LogP contribution >= 0.6 is 0 Å². The van der Waals surface area contributed by atoms with Gasteiger partial charge in [-0.05, 0) is 11.6 Å². The maximum absolute atomic E-state index is 12.7. The number of benzene rings is 1. The van der Waals surface area contributed by atoms with Gasteiger partial charge in [0.25, 0.3) is 5.91 Å². The average Bonchev–Trinajstić information content (AvgIpc) is 2.98. The zero-order chi connectivity index (χ0) is 29.0. The quantitative estimate of drug-likeness (QED) is 0.330. The van der Waals surface area contributed by atoms with Crippen LogP contribution in [-0.2, 0) is 0 Å². The van der Waals surface area contributed by atoms with E-state index >= 15 is 0 Å². The number of carbonyl (C=O) groups is 1. The standard InChI is InChI=1S/C28H30F3N9O/c1-18(20-4-3-5-21-22(26(41)32-2)6-7-33-25(20)21)13-34-24-12-23(37-17-38-24)19-14-35-27(36-15-19)40-10-8-39(9-11-40)16-28(29,30)31/h3-7,12,14-15,17-18H,8-11,13,16H2,1-2H3,(H,32,41)(H,34,37,38)/t18-/m1/s1. The molecule has 0 spiro atoms. The number of pyridine rings is 1. The first-order valence-electron chi connectivity index (χ1n) is 13.2. The van der Waals surface area contributed by atoms with Gasteiger partial charge in [0.2, 0.25) is 5.95 Å². The first-order valence-corrected chi connectivity index (χ1v) is 13.2. The molecule has 0 radical (unpaired) electrons. The van der Waals surface area contributed by atoms with Crippen LogP contribution in [0.5, 0.6) is 0 Å². The second kappa shape index (κ2) is 12.0. The van der Waals surface area contributed by atoms with E-state index in [0.717, 1.165) is 16.5 Å². The summed E-state index contributed by atoms with van der Waals surface area (Å²) < 4.78 is 38.0. The summed E-state index contributed by atoms with van der Waals surface area (Å²) in [6.07, 6.45) is 2.23. The van der Waals surface area contributed by atoms with Crippen molar-refractivity contribution in [2.75, 3.05) is 56.5 Å². The normalized spacial score (nSPS) is 15.1. The maximum Gasteiger partial charge on any atom is 0.401 e. The van der Waals surface area contributed by atoms with E-state index in [9.17, 15) is 18.0 Å². The van der Waals surface area contributed by atoms with E-state index in [0.29, 0.717) is 61.3 Å². The SMILES string of the molecule is CNC(=O)c1ccnc2c([C@H](C)CNc3cc(-c4cnc(N5CCN(CC(F)(F)F)CC5)nc4)ncn3)cccc12. The predicted octanol–water partition coefficient (Wildman–Crippen LogP) is 3.74. The minimum Gasteiger partial charge on any atom is -0.369 e. The Labute approximate surface area is 235 Å². The van der Waals surface area contributed by atoms with Crippen LogP contribution in [0.15, 0.2) is 55.2 Å². The minimum absolute atomic E-state index is 0.0590. The molecule has 1 aliphatic rings. The summed E-state index contributed by atoms with van der Waals surface area (Å²) in [6, 6.07) is 9.36. The molecule has 5 rings (SSSR count). The van der Waals surface area contributed by atoms with E-state index in [-0.39, 0.29) is 11.8 Å². The van der Waals surface area contributed by atoms with Gasteiger partial charge in [-0.25, -0.2) is 19.9 Å². The van der Waals surface area contributed by atoms with Crippen LogP contribution in [0, 0.1) is 0 Å². The van der Waals surface area contributed by atoms with Crippen molar-refractivity contribution >= 4 is 28.6 Å². The third-order valence-electron chi connectivity index (χ3n) is 7.05. The number of halogens is 3. The summed E-state index contributed by atoms with van der Waals surface area (Å²) in [5.41, 5.74) is 3.71. The molecule has 41 heavy (non-hydrogen) atoms. The predicted molar refractivity (Wildman–Crippen MR) is 150 cm³/mol. The number of carbonyl (C=O) groups excluding carboxylic acids is 1. The highest BCUT2D eigenvalue weighted by Gasteiger charge is 2.32.